The molecule has 1 unspecified atom stereocenters. The number of hydrogen-bond acceptors (Lipinski definition) is 2. The van der Waals surface area contributed by atoms with Gasteiger partial charge in [-0.3, -0.25) is 0 Å². The van der Waals surface area contributed by atoms with Crippen LogP contribution in [0.1, 0.15) is 29.5 Å². The van der Waals surface area contributed by atoms with E-state index in [0.29, 0.717) is 0 Å². The van der Waals surface area contributed by atoms with Gasteiger partial charge in [-0.1, -0.05) is 23.8 Å². The first-order chi connectivity index (χ1) is 8.66. The fourth-order valence-electron chi connectivity index (χ4n) is 2.82. The first-order valence-corrected chi connectivity index (χ1v) is 7.14. The molecule has 0 saturated carbocycles. The van der Waals surface area contributed by atoms with Crippen LogP contribution in [-0.2, 0) is 6.42 Å². The molecule has 2 rings (SSSR count). The van der Waals surface area contributed by atoms with Crippen molar-refractivity contribution >= 4 is 0 Å². The van der Waals surface area contributed by atoms with Crippen molar-refractivity contribution < 1.29 is 0 Å². The summed E-state index contributed by atoms with van der Waals surface area (Å²) in [5.41, 5.74) is 4.29. The van der Waals surface area contributed by atoms with Gasteiger partial charge in [0.1, 0.15) is 0 Å². The van der Waals surface area contributed by atoms with Crippen molar-refractivity contribution in [2.75, 3.05) is 26.7 Å². The highest BCUT2D eigenvalue weighted by molar-refractivity contribution is 5.30. The smallest absolute Gasteiger partial charge is 0.0218 e. The van der Waals surface area contributed by atoms with Gasteiger partial charge in [0, 0.05) is 19.1 Å². The van der Waals surface area contributed by atoms with Gasteiger partial charge in [0.2, 0.25) is 0 Å². The zero-order valence-corrected chi connectivity index (χ0v) is 12.0. The number of hydrogen-bond donors (Lipinski definition) is 1. The Morgan fingerprint density at radius 3 is 2.83 bits per heavy atom. The molecule has 0 amide bonds. The Morgan fingerprint density at radius 2 is 2.17 bits per heavy atom. The van der Waals surface area contributed by atoms with Crippen molar-refractivity contribution in [3.63, 3.8) is 0 Å². The Kier molecular flexibility index (Phi) is 4.79. The number of nitrogens with zero attached hydrogens (tertiary/aromatic N) is 1. The van der Waals surface area contributed by atoms with Crippen LogP contribution in [0.4, 0.5) is 0 Å². The van der Waals surface area contributed by atoms with Crippen molar-refractivity contribution in [1.82, 2.24) is 10.2 Å². The van der Waals surface area contributed by atoms with Crippen molar-refractivity contribution in [2.24, 2.45) is 0 Å². The Morgan fingerprint density at radius 1 is 1.33 bits per heavy atom. The van der Waals surface area contributed by atoms with Gasteiger partial charge in [-0.15, -0.1) is 0 Å². The van der Waals surface area contributed by atoms with Gasteiger partial charge in [0.05, 0.1) is 0 Å². The highest BCUT2D eigenvalue weighted by Gasteiger charge is 2.17. The van der Waals surface area contributed by atoms with Gasteiger partial charge in [-0.25, -0.2) is 0 Å². The van der Waals surface area contributed by atoms with Crippen LogP contribution < -0.4 is 5.32 Å². The maximum absolute atomic E-state index is 3.49. The molecule has 0 bridgehead atoms. The molecule has 1 fully saturated rings. The average molecular weight is 246 g/mol. The monoisotopic (exact) mass is 246 g/mol. The number of likely N-dealkylation sites (N-methyl/N-ethyl adjacent to an activating group) is 1. The normalized spacial score (nSPS) is 20.3. The van der Waals surface area contributed by atoms with Gasteiger partial charge < -0.3 is 10.2 Å². The molecule has 0 aliphatic carbocycles. The number of rotatable bonds is 4. The zero-order chi connectivity index (χ0) is 13.0. The van der Waals surface area contributed by atoms with Crippen molar-refractivity contribution in [1.29, 1.82) is 0 Å². The first kappa shape index (κ1) is 13.6. The van der Waals surface area contributed by atoms with Crippen LogP contribution in [0.2, 0.25) is 0 Å². The molecular formula is C16H26N2. The summed E-state index contributed by atoms with van der Waals surface area (Å²) in [7, 11) is 2.27. The van der Waals surface area contributed by atoms with E-state index >= 15 is 0 Å². The van der Waals surface area contributed by atoms with Crippen LogP contribution in [-0.4, -0.2) is 37.6 Å². The van der Waals surface area contributed by atoms with Gasteiger partial charge in [0.15, 0.2) is 0 Å². The fraction of sp³-hybridized carbons (Fsp3) is 0.625. The SMILES string of the molecule is Cc1ccc(CCN(C)C2CCCNC2)c(C)c1. The van der Waals surface area contributed by atoms with Crippen LogP contribution in [0.15, 0.2) is 18.2 Å². The second kappa shape index (κ2) is 6.35. The van der Waals surface area contributed by atoms with Crippen LogP contribution in [0.3, 0.4) is 0 Å². The topological polar surface area (TPSA) is 15.3 Å². The lowest BCUT2D eigenvalue weighted by molar-refractivity contribution is 0.205. The third-order valence-corrected chi connectivity index (χ3v) is 4.13. The Balaban J connectivity index is 1.86. The van der Waals surface area contributed by atoms with E-state index in [-0.39, 0.29) is 0 Å². The minimum Gasteiger partial charge on any atom is -0.315 e. The number of benzene rings is 1. The van der Waals surface area contributed by atoms with Crippen molar-refractivity contribution in [3.05, 3.63) is 34.9 Å². The first-order valence-electron chi connectivity index (χ1n) is 7.14. The molecular weight excluding hydrogens is 220 g/mol. The molecule has 0 aromatic heterocycles. The highest BCUT2D eigenvalue weighted by atomic mass is 15.2. The fourth-order valence-corrected chi connectivity index (χ4v) is 2.82. The van der Waals surface area contributed by atoms with Crippen LogP contribution in [0.5, 0.6) is 0 Å². The Hall–Kier alpha value is -0.860. The molecule has 1 aliphatic rings. The standard InChI is InChI=1S/C16H26N2/c1-13-6-7-15(14(2)11-13)8-10-18(3)16-5-4-9-17-12-16/h6-7,11,16-17H,4-5,8-10,12H2,1-3H3. The predicted molar refractivity (Wildman–Crippen MR) is 78.1 cm³/mol. The molecule has 100 valence electrons. The molecule has 1 aromatic rings. The van der Waals surface area contributed by atoms with Crippen LogP contribution in [0, 0.1) is 13.8 Å². The molecule has 0 spiro atoms. The lowest BCUT2D eigenvalue weighted by Crippen LogP contribution is -2.44. The summed E-state index contributed by atoms with van der Waals surface area (Å²) < 4.78 is 0. The van der Waals surface area contributed by atoms with Crippen molar-refractivity contribution in [2.45, 2.75) is 39.2 Å². The molecule has 2 heteroatoms. The highest BCUT2D eigenvalue weighted by Crippen LogP contribution is 2.13. The van der Waals surface area contributed by atoms with Gasteiger partial charge in [-0.05, 0) is 57.8 Å². The molecule has 1 N–H and O–H groups in total. The second-order valence-corrected chi connectivity index (χ2v) is 5.66. The lowest BCUT2D eigenvalue weighted by atomic mass is 10.0. The maximum atomic E-state index is 3.49. The summed E-state index contributed by atoms with van der Waals surface area (Å²) in [4.78, 5) is 2.52. The molecule has 1 saturated heterocycles. The predicted octanol–water partition coefficient (Wildman–Crippen LogP) is 2.53. The Bertz CT molecular complexity index is 381. The van der Waals surface area contributed by atoms with E-state index in [1.807, 2.05) is 0 Å². The third kappa shape index (κ3) is 3.56. The number of piperidine rings is 1. The Labute approximate surface area is 111 Å². The zero-order valence-electron chi connectivity index (χ0n) is 12.0. The molecule has 1 aliphatic heterocycles. The molecule has 1 atom stereocenters. The van der Waals surface area contributed by atoms with E-state index < -0.39 is 0 Å². The quantitative estimate of drug-likeness (QED) is 0.878. The third-order valence-electron chi connectivity index (χ3n) is 4.13. The largest absolute Gasteiger partial charge is 0.315 e. The summed E-state index contributed by atoms with van der Waals surface area (Å²) in [6.07, 6.45) is 3.83. The average Bonchev–Trinajstić information content (AvgIpc) is 2.38. The van der Waals surface area contributed by atoms with E-state index in [0.717, 1.165) is 19.1 Å². The summed E-state index contributed by atoms with van der Waals surface area (Å²) in [6.45, 7) is 7.90. The van der Waals surface area contributed by atoms with Crippen LogP contribution >= 0.6 is 0 Å². The summed E-state index contributed by atoms with van der Waals surface area (Å²) >= 11 is 0. The van der Waals surface area contributed by atoms with E-state index in [4.69, 9.17) is 0 Å². The van der Waals surface area contributed by atoms with Gasteiger partial charge in [-0.2, -0.15) is 0 Å². The minimum absolute atomic E-state index is 0.726. The van der Waals surface area contributed by atoms with E-state index in [1.165, 1.54) is 42.5 Å². The van der Waals surface area contributed by atoms with E-state index in [1.54, 1.807) is 0 Å². The maximum Gasteiger partial charge on any atom is 0.0218 e. The van der Waals surface area contributed by atoms with E-state index in [9.17, 15) is 0 Å². The molecule has 0 radical (unpaired) electrons. The molecule has 1 aromatic carbocycles. The lowest BCUT2D eigenvalue weighted by Gasteiger charge is -2.31. The minimum atomic E-state index is 0.726. The van der Waals surface area contributed by atoms with E-state index in [2.05, 4.69) is 49.3 Å². The molecule has 2 nitrogen and oxygen atoms in total. The summed E-state index contributed by atoms with van der Waals surface area (Å²) in [5.74, 6) is 0. The van der Waals surface area contributed by atoms with Crippen molar-refractivity contribution in [3.8, 4) is 0 Å². The van der Waals surface area contributed by atoms with Gasteiger partial charge >= 0.3 is 0 Å². The summed E-state index contributed by atoms with van der Waals surface area (Å²) in [6, 6.07) is 7.53. The molecule has 1 heterocycles. The number of nitrogens with one attached hydrogen (secondary N) is 1. The second-order valence-electron chi connectivity index (χ2n) is 5.66. The summed E-state index contributed by atoms with van der Waals surface area (Å²) in [5, 5.41) is 3.49. The van der Waals surface area contributed by atoms with Crippen LogP contribution in [0.25, 0.3) is 0 Å². The van der Waals surface area contributed by atoms with Gasteiger partial charge in [0.25, 0.3) is 0 Å². The number of aryl methyl sites for hydroxylation is 2. The molecule has 18 heavy (non-hydrogen) atoms.